The average molecular weight is 240 g/mol. The maximum absolute atomic E-state index is 3.62. The molecular weight excluding hydrogens is 208 g/mol. The first kappa shape index (κ1) is 15.0. The monoisotopic (exact) mass is 240 g/mol. The van der Waals surface area contributed by atoms with Gasteiger partial charge in [-0.25, -0.2) is 0 Å². The van der Waals surface area contributed by atoms with Crippen LogP contribution in [0.1, 0.15) is 60.3 Å². The summed E-state index contributed by atoms with van der Waals surface area (Å²) in [4.78, 5) is 2.72. The zero-order valence-electron chi connectivity index (χ0n) is 12.6. The highest BCUT2D eigenvalue weighted by atomic mass is 15.2. The van der Waals surface area contributed by atoms with Crippen molar-refractivity contribution in [1.82, 2.24) is 10.2 Å². The van der Waals surface area contributed by atoms with Crippen LogP contribution in [0.3, 0.4) is 0 Å². The van der Waals surface area contributed by atoms with Gasteiger partial charge in [-0.2, -0.15) is 0 Å². The molecule has 17 heavy (non-hydrogen) atoms. The molecule has 1 saturated heterocycles. The summed E-state index contributed by atoms with van der Waals surface area (Å²) in [5.41, 5.74) is 0.250. The molecule has 1 aliphatic heterocycles. The van der Waals surface area contributed by atoms with Gasteiger partial charge in [0.05, 0.1) is 0 Å². The lowest BCUT2D eigenvalue weighted by Crippen LogP contribution is -2.45. The Labute approximate surface area is 108 Å². The summed E-state index contributed by atoms with van der Waals surface area (Å²) in [6.45, 7) is 15.2. The fourth-order valence-electron chi connectivity index (χ4n) is 2.71. The Bertz CT molecular complexity index is 207. The summed E-state index contributed by atoms with van der Waals surface area (Å²) >= 11 is 0. The normalized spacial score (nSPS) is 24.9. The molecule has 2 unspecified atom stereocenters. The van der Waals surface area contributed by atoms with Gasteiger partial charge in [0.1, 0.15) is 0 Å². The van der Waals surface area contributed by atoms with Crippen molar-refractivity contribution in [2.45, 2.75) is 71.9 Å². The van der Waals surface area contributed by atoms with Crippen LogP contribution in [0.4, 0.5) is 0 Å². The molecule has 0 aromatic rings. The molecule has 0 amide bonds. The zero-order valence-corrected chi connectivity index (χ0v) is 12.6. The van der Waals surface area contributed by atoms with E-state index in [1.165, 1.54) is 38.8 Å². The predicted molar refractivity (Wildman–Crippen MR) is 76.4 cm³/mol. The van der Waals surface area contributed by atoms with Crippen LogP contribution in [0.15, 0.2) is 0 Å². The first-order valence-electron chi connectivity index (χ1n) is 7.41. The Morgan fingerprint density at radius 1 is 1.29 bits per heavy atom. The first-order chi connectivity index (χ1) is 7.92. The molecule has 0 aliphatic carbocycles. The van der Waals surface area contributed by atoms with Crippen LogP contribution in [0, 0.1) is 5.92 Å². The lowest BCUT2D eigenvalue weighted by atomic mass is 9.98. The number of nitrogens with zero attached hydrogens (tertiary/aromatic N) is 1. The molecule has 2 nitrogen and oxygen atoms in total. The molecule has 0 spiro atoms. The van der Waals surface area contributed by atoms with Crippen molar-refractivity contribution in [3.63, 3.8) is 0 Å². The van der Waals surface area contributed by atoms with E-state index < -0.39 is 0 Å². The smallest absolute Gasteiger partial charge is 0.00966 e. The molecule has 0 saturated carbocycles. The van der Waals surface area contributed by atoms with Gasteiger partial charge in [0.2, 0.25) is 0 Å². The summed E-state index contributed by atoms with van der Waals surface area (Å²) < 4.78 is 0. The maximum Gasteiger partial charge on any atom is 0.00966 e. The number of nitrogens with one attached hydrogen (secondary N) is 1. The van der Waals surface area contributed by atoms with Gasteiger partial charge >= 0.3 is 0 Å². The molecule has 1 heterocycles. The fourth-order valence-corrected chi connectivity index (χ4v) is 2.71. The molecule has 0 aromatic heterocycles. The summed E-state index contributed by atoms with van der Waals surface area (Å²) in [7, 11) is 0. The first-order valence-corrected chi connectivity index (χ1v) is 7.41. The summed E-state index contributed by atoms with van der Waals surface area (Å²) in [5.74, 6) is 0.751. The number of rotatable bonds is 5. The topological polar surface area (TPSA) is 15.3 Å². The van der Waals surface area contributed by atoms with Gasteiger partial charge < -0.3 is 10.2 Å². The van der Waals surface area contributed by atoms with E-state index in [1.807, 2.05) is 0 Å². The number of likely N-dealkylation sites (tertiary alicyclic amines) is 1. The Balaban J connectivity index is 2.31. The fraction of sp³-hybridized carbons (Fsp3) is 1.00. The predicted octanol–water partition coefficient (Wildman–Crippen LogP) is 3.28. The highest BCUT2D eigenvalue weighted by Crippen LogP contribution is 2.20. The number of hydrogen-bond acceptors (Lipinski definition) is 2. The van der Waals surface area contributed by atoms with Crippen LogP contribution in [0.5, 0.6) is 0 Å². The van der Waals surface area contributed by atoms with E-state index in [1.54, 1.807) is 0 Å². The number of piperidine rings is 1. The van der Waals surface area contributed by atoms with E-state index in [9.17, 15) is 0 Å². The summed E-state index contributed by atoms with van der Waals surface area (Å²) in [5, 5.41) is 3.62. The van der Waals surface area contributed by atoms with Crippen LogP contribution in [0.2, 0.25) is 0 Å². The van der Waals surface area contributed by atoms with E-state index in [0.29, 0.717) is 0 Å². The van der Waals surface area contributed by atoms with Gasteiger partial charge in [-0.3, -0.25) is 0 Å². The van der Waals surface area contributed by atoms with Gasteiger partial charge in [-0.15, -0.1) is 0 Å². The van der Waals surface area contributed by atoms with E-state index in [2.05, 4.69) is 44.8 Å². The van der Waals surface area contributed by atoms with Gasteiger partial charge in [0.25, 0.3) is 0 Å². The van der Waals surface area contributed by atoms with Crippen LogP contribution in [-0.2, 0) is 0 Å². The second-order valence-electron chi connectivity index (χ2n) is 6.79. The standard InChI is InChI=1S/C15H32N2/c1-6-14-9-7-8-10-17(14)12-13(2)11-16-15(3,4)5/h13-14,16H,6-12H2,1-5H3. The second-order valence-corrected chi connectivity index (χ2v) is 6.79. The van der Waals surface area contributed by atoms with Crippen molar-refractivity contribution < 1.29 is 0 Å². The summed E-state index contributed by atoms with van der Waals surface area (Å²) in [6, 6.07) is 0.848. The second kappa shape index (κ2) is 6.75. The molecule has 0 bridgehead atoms. The molecular formula is C15H32N2. The highest BCUT2D eigenvalue weighted by molar-refractivity contribution is 4.79. The van der Waals surface area contributed by atoms with Crippen LogP contribution < -0.4 is 5.32 Å². The van der Waals surface area contributed by atoms with Crippen molar-refractivity contribution in [2.75, 3.05) is 19.6 Å². The molecule has 1 fully saturated rings. The minimum Gasteiger partial charge on any atom is -0.312 e. The molecule has 2 atom stereocenters. The summed E-state index contributed by atoms with van der Waals surface area (Å²) in [6.07, 6.45) is 5.56. The van der Waals surface area contributed by atoms with E-state index in [0.717, 1.165) is 18.5 Å². The molecule has 1 aliphatic rings. The largest absolute Gasteiger partial charge is 0.312 e. The Hall–Kier alpha value is -0.0800. The van der Waals surface area contributed by atoms with E-state index in [4.69, 9.17) is 0 Å². The average Bonchev–Trinajstić information content (AvgIpc) is 2.26. The van der Waals surface area contributed by atoms with Crippen LogP contribution >= 0.6 is 0 Å². The molecule has 1 rings (SSSR count). The number of hydrogen-bond donors (Lipinski definition) is 1. The van der Waals surface area contributed by atoms with Crippen LogP contribution in [0.25, 0.3) is 0 Å². The molecule has 0 radical (unpaired) electrons. The molecule has 1 N–H and O–H groups in total. The minimum absolute atomic E-state index is 0.250. The third-order valence-corrected chi connectivity index (χ3v) is 3.75. The van der Waals surface area contributed by atoms with Crippen LogP contribution in [-0.4, -0.2) is 36.1 Å². The lowest BCUT2D eigenvalue weighted by Gasteiger charge is -2.37. The van der Waals surface area contributed by atoms with Crippen molar-refractivity contribution in [1.29, 1.82) is 0 Å². The van der Waals surface area contributed by atoms with Crippen molar-refractivity contribution in [2.24, 2.45) is 5.92 Å². The Kier molecular flexibility index (Phi) is 5.94. The molecule has 2 heteroatoms. The van der Waals surface area contributed by atoms with E-state index >= 15 is 0 Å². The van der Waals surface area contributed by atoms with Crippen molar-refractivity contribution in [3.05, 3.63) is 0 Å². The third-order valence-electron chi connectivity index (χ3n) is 3.75. The van der Waals surface area contributed by atoms with Gasteiger partial charge in [-0.05, 0) is 59.0 Å². The van der Waals surface area contributed by atoms with Gasteiger partial charge in [0.15, 0.2) is 0 Å². The molecule has 0 aromatic carbocycles. The third kappa shape index (κ3) is 5.87. The quantitative estimate of drug-likeness (QED) is 0.793. The Morgan fingerprint density at radius 2 is 2.00 bits per heavy atom. The minimum atomic E-state index is 0.250. The zero-order chi connectivity index (χ0) is 12.9. The molecule has 102 valence electrons. The van der Waals surface area contributed by atoms with Crippen molar-refractivity contribution >= 4 is 0 Å². The van der Waals surface area contributed by atoms with Gasteiger partial charge in [-0.1, -0.05) is 20.3 Å². The lowest BCUT2D eigenvalue weighted by molar-refractivity contribution is 0.123. The SMILES string of the molecule is CCC1CCCCN1CC(C)CNC(C)(C)C. The van der Waals surface area contributed by atoms with Gasteiger partial charge in [0, 0.05) is 18.1 Å². The highest BCUT2D eigenvalue weighted by Gasteiger charge is 2.22. The van der Waals surface area contributed by atoms with Crippen molar-refractivity contribution in [3.8, 4) is 0 Å². The Morgan fingerprint density at radius 3 is 2.59 bits per heavy atom. The van der Waals surface area contributed by atoms with E-state index in [-0.39, 0.29) is 5.54 Å². The maximum atomic E-state index is 3.62.